The first-order chi connectivity index (χ1) is 12.5. The van der Waals surface area contributed by atoms with Crippen LogP contribution in [0.3, 0.4) is 0 Å². The van der Waals surface area contributed by atoms with Crippen LogP contribution in [0.2, 0.25) is 0 Å². The maximum atomic E-state index is 12.4. The second kappa shape index (κ2) is 7.65. The largest absolute Gasteiger partial charge is 0.365 e. The SMILES string of the molecule is NC(=O)c1c(NC(=O)Cc2ccc([N+](=O)[O-])cc2)sc2c1CCCCC2. The number of nitrogens with two attached hydrogens (primary N) is 1. The van der Waals surface area contributed by atoms with Crippen LogP contribution >= 0.6 is 11.3 Å². The minimum Gasteiger partial charge on any atom is -0.365 e. The zero-order valence-corrected chi connectivity index (χ0v) is 14.9. The number of fused-ring (bicyclic) bond motifs is 1. The molecule has 0 bridgehead atoms. The first-order valence-electron chi connectivity index (χ1n) is 8.43. The van der Waals surface area contributed by atoms with E-state index in [1.54, 1.807) is 12.1 Å². The molecule has 0 fully saturated rings. The Bertz CT molecular complexity index is 858. The third kappa shape index (κ3) is 3.91. The molecule has 1 aromatic carbocycles. The van der Waals surface area contributed by atoms with Gasteiger partial charge in [-0.3, -0.25) is 19.7 Å². The Morgan fingerprint density at radius 3 is 2.50 bits per heavy atom. The molecule has 26 heavy (non-hydrogen) atoms. The van der Waals surface area contributed by atoms with Crippen molar-refractivity contribution in [1.82, 2.24) is 0 Å². The molecular weight excluding hydrogens is 354 g/mol. The Labute approximate surface area is 154 Å². The van der Waals surface area contributed by atoms with Crippen LogP contribution in [0.1, 0.15) is 45.6 Å². The van der Waals surface area contributed by atoms with Crippen molar-refractivity contribution in [3.63, 3.8) is 0 Å². The van der Waals surface area contributed by atoms with Gasteiger partial charge in [-0.25, -0.2) is 0 Å². The topological polar surface area (TPSA) is 115 Å². The van der Waals surface area contributed by atoms with Crippen LogP contribution in [0, 0.1) is 10.1 Å². The number of hydrogen-bond donors (Lipinski definition) is 2. The lowest BCUT2D eigenvalue weighted by Gasteiger charge is -2.06. The van der Waals surface area contributed by atoms with Gasteiger partial charge in [0.1, 0.15) is 5.00 Å². The van der Waals surface area contributed by atoms with Crippen molar-refractivity contribution >= 4 is 33.8 Å². The number of rotatable bonds is 5. The third-order valence-corrected chi connectivity index (χ3v) is 5.64. The summed E-state index contributed by atoms with van der Waals surface area (Å²) in [6, 6.07) is 5.84. The maximum absolute atomic E-state index is 12.4. The zero-order valence-electron chi connectivity index (χ0n) is 14.1. The van der Waals surface area contributed by atoms with E-state index in [-0.39, 0.29) is 18.0 Å². The van der Waals surface area contributed by atoms with Crippen LogP contribution in [-0.2, 0) is 24.1 Å². The van der Waals surface area contributed by atoms with E-state index in [0.29, 0.717) is 16.1 Å². The molecule has 0 atom stereocenters. The molecule has 0 saturated carbocycles. The van der Waals surface area contributed by atoms with E-state index < -0.39 is 10.8 Å². The molecule has 0 radical (unpaired) electrons. The van der Waals surface area contributed by atoms with Crippen LogP contribution in [-0.4, -0.2) is 16.7 Å². The predicted octanol–water partition coefficient (Wildman–Crippen LogP) is 3.21. The van der Waals surface area contributed by atoms with Crippen molar-refractivity contribution in [3.8, 4) is 0 Å². The standard InChI is InChI=1S/C18H19N3O4S/c19-17(23)16-13-4-2-1-3-5-14(13)26-18(16)20-15(22)10-11-6-8-12(9-7-11)21(24)25/h6-9H,1-5,10H2,(H2,19,23)(H,20,22). The molecule has 2 aromatic rings. The van der Waals surface area contributed by atoms with E-state index in [9.17, 15) is 19.7 Å². The van der Waals surface area contributed by atoms with Gasteiger partial charge in [0.15, 0.2) is 0 Å². The molecule has 8 heteroatoms. The summed E-state index contributed by atoms with van der Waals surface area (Å²) in [4.78, 5) is 35.6. The molecule has 1 heterocycles. The van der Waals surface area contributed by atoms with Crippen molar-refractivity contribution in [1.29, 1.82) is 0 Å². The van der Waals surface area contributed by atoms with Gasteiger partial charge in [0.2, 0.25) is 5.91 Å². The fraction of sp³-hybridized carbons (Fsp3) is 0.333. The first-order valence-corrected chi connectivity index (χ1v) is 9.25. The van der Waals surface area contributed by atoms with Crippen molar-refractivity contribution in [2.75, 3.05) is 5.32 Å². The van der Waals surface area contributed by atoms with E-state index in [4.69, 9.17) is 5.73 Å². The van der Waals surface area contributed by atoms with E-state index >= 15 is 0 Å². The smallest absolute Gasteiger partial charge is 0.269 e. The number of nitrogens with zero attached hydrogens (tertiary/aromatic N) is 1. The number of thiophene rings is 1. The number of anilines is 1. The summed E-state index contributed by atoms with van der Waals surface area (Å²) >= 11 is 1.43. The minimum absolute atomic E-state index is 0.0211. The molecule has 2 amide bonds. The zero-order chi connectivity index (χ0) is 18.7. The number of carbonyl (C=O) groups is 2. The number of non-ortho nitro benzene ring substituents is 1. The molecule has 1 aliphatic rings. The summed E-state index contributed by atoms with van der Waals surface area (Å²) in [5.41, 5.74) is 7.61. The Hall–Kier alpha value is -2.74. The number of nitro benzene ring substituents is 1. The fourth-order valence-electron chi connectivity index (χ4n) is 3.18. The van der Waals surface area contributed by atoms with Crippen LogP contribution < -0.4 is 11.1 Å². The first kappa shape index (κ1) is 18.1. The monoisotopic (exact) mass is 373 g/mol. The molecule has 1 aliphatic carbocycles. The number of amides is 2. The molecule has 1 aromatic heterocycles. The van der Waals surface area contributed by atoms with E-state index in [1.165, 1.54) is 23.5 Å². The molecule has 136 valence electrons. The average molecular weight is 373 g/mol. The molecule has 0 aliphatic heterocycles. The highest BCUT2D eigenvalue weighted by Gasteiger charge is 2.24. The van der Waals surface area contributed by atoms with Crippen LogP contribution in [0.15, 0.2) is 24.3 Å². The van der Waals surface area contributed by atoms with Gasteiger partial charge in [-0.15, -0.1) is 11.3 Å². The maximum Gasteiger partial charge on any atom is 0.269 e. The predicted molar refractivity (Wildman–Crippen MR) is 99.5 cm³/mol. The number of nitro groups is 1. The van der Waals surface area contributed by atoms with Crippen molar-refractivity contribution in [2.45, 2.75) is 38.5 Å². The molecule has 0 saturated heterocycles. The summed E-state index contributed by atoms with van der Waals surface area (Å²) in [5, 5.41) is 14.0. The van der Waals surface area contributed by atoms with Gasteiger partial charge < -0.3 is 11.1 Å². The van der Waals surface area contributed by atoms with E-state index in [2.05, 4.69) is 5.32 Å². The van der Waals surface area contributed by atoms with Crippen molar-refractivity contribution < 1.29 is 14.5 Å². The van der Waals surface area contributed by atoms with Crippen LogP contribution in [0.25, 0.3) is 0 Å². The Balaban J connectivity index is 1.76. The number of carbonyl (C=O) groups excluding carboxylic acids is 2. The average Bonchev–Trinajstić information content (AvgIpc) is 2.76. The van der Waals surface area contributed by atoms with Gasteiger partial charge in [-0.1, -0.05) is 18.6 Å². The molecular formula is C18H19N3O4S. The van der Waals surface area contributed by atoms with Crippen molar-refractivity contribution in [3.05, 3.63) is 55.9 Å². The highest BCUT2D eigenvalue weighted by atomic mass is 32.1. The molecule has 7 nitrogen and oxygen atoms in total. The number of aryl methyl sites for hydroxylation is 1. The number of primary amides is 1. The normalized spacial score (nSPS) is 13.5. The Morgan fingerprint density at radius 1 is 1.15 bits per heavy atom. The second-order valence-electron chi connectivity index (χ2n) is 6.28. The van der Waals surface area contributed by atoms with Gasteiger partial charge in [-0.2, -0.15) is 0 Å². The van der Waals surface area contributed by atoms with Gasteiger partial charge in [0.05, 0.1) is 16.9 Å². The molecule has 0 unspecified atom stereocenters. The number of hydrogen-bond acceptors (Lipinski definition) is 5. The summed E-state index contributed by atoms with van der Waals surface area (Å²) in [6.07, 6.45) is 4.99. The van der Waals surface area contributed by atoms with Gasteiger partial charge in [0, 0.05) is 17.0 Å². The summed E-state index contributed by atoms with van der Waals surface area (Å²) < 4.78 is 0. The van der Waals surface area contributed by atoms with E-state index in [1.807, 2.05) is 0 Å². The number of benzene rings is 1. The quantitative estimate of drug-likeness (QED) is 0.475. The second-order valence-corrected chi connectivity index (χ2v) is 7.39. The van der Waals surface area contributed by atoms with E-state index in [0.717, 1.165) is 42.5 Å². The lowest BCUT2D eigenvalue weighted by atomic mass is 10.1. The lowest BCUT2D eigenvalue weighted by molar-refractivity contribution is -0.384. The molecule has 3 N–H and O–H groups in total. The summed E-state index contributed by atoms with van der Waals surface area (Å²) in [7, 11) is 0. The van der Waals surface area contributed by atoms with Crippen LogP contribution in [0.5, 0.6) is 0 Å². The van der Waals surface area contributed by atoms with Gasteiger partial charge >= 0.3 is 0 Å². The summed E-state index contributed by atoms with van der Waals surface area (Å²) in [6.45, 7) is 0. The van der Waals surface area contributed by atoms with Crippen molar-refractivity contribution in [2.24, 2.45) is 5.73 Å². The Morgan fingerprint density at radius 2 is 1.85 bits per heavy atom. The van der Waals surface area contributed by atoms with Gasteiger partial charge in [0.25, 0.3) is 11.6 Å². The highest BCUT2D eigenvalue weighted by Crippen LogP contribution is 2.37. The molecule has 0 spiro atoms. The van der Waals surface area contributed by atoms with Gasteiger partial charge in [-0.05, 0) is 36.8 Å². The summed E-state index contributed by atoms with van der Waals surface area (Å²) in [5.74, 6) is -0.798. The third-order valence-electron chi connectivity index (χ3n) is 4.43. The number of nitrogens with one attached hydrogen (secondary N) is 1. The highest BCUT2D eigenvalue weighted by molar-refractivity contribution is 7.17. The molecule has 3 rings (SSSR count). The lowest BCUT2D eigenvalue weighted by Crippen LogP contribution is -2.19. The Kier molecular flexibility index (Phi) is 5.32. The minimum atomic E-state index is -0.518. The van der Waals surface area contributed by atoms with Crippen LogP contribution in [0.4, 0.5) is 10.7 Å². The fourth-order valence-corrected chi connectivity index (χ4v) is 4.49.